The standard InChI is InChI=1S/C10H20N2O2/c1-12(9(7-11)10(13)14)8-5-3-2-4-6-8/h8-9H,2-7,11H2,1H3,(H,13,14). The third kappa shape index (κ3) is 2.69. The van der Waals surface area contributed by atoms with E-state index in [9.17, 15) is 4.79 Å². The van der Waals surface area contributed by atoms with Crippen molar-refractivity contribution < 1.29 is 9.90 Å². The summed E-state index contributed by atoms with van der Waals surface area (Å²) in [6.07, 6.45) is 5.93. The number of carbonyl (C=O) groups is 1. The van der Waals surface area contributed by atoms with Crippen molar-refractivity contribution in [2.24, 2.45) is 5.73 Å². The fourth-order valence-corrected chi connectivity index (χ4v) is 2.18. The summed E-state index contributed by atoms with van der Waals surface area (Å²) in [6, 6.07) is -0.105. The van der Waals surface area contributed by atoms with Crippen molar-refractivity contribution in [1.82, 2.24) is 4.90 Å². The summed E-state index contributed by atoms with van der Waals surface area (Å²) in [6.45, 7) is 0.197. The Morgan fingerprint density at radius 2 is 2.07 bits per heavy atom. The molecule has 0 amide bonds. The van der Waals surface area contributed by atoms with Crippen LogP contribution in [-0.2, 0) is 4.79 Å². The Kier molecular flexibility index (Phi) is 4.35. The molecular formula is C10H20N2O2. The number of carboxylic acids is 1. The second kappa shape index (κ2) is 5.32. The molecular weight excluding hydrogens is 180 g/mol. The van der Waals surface area contributed by atoms with Crippen molar-refractivity contribution >= 4 is 5.97 Å². The Morgan fingerprint density at radius 3 is 2.50 bits per heavy atom. The number of nitrogens with zero attached hydrogens (tertiary/aromatic N) is 1. The van der Waals surface area contributed by atoms with Crippen LogP contribution >= 0.6 is 0 Å². The molecule has 82 valence electrons. The predicted molar refractivity (Wildman–Crippen MR) is 55.1 cm³/mol. The van der Waals surface area contributed by atoms with E-state index >= 15 is 0 Å². The Balaban J connectivity index is 2.51. The van der Waals surface area contributed by atoms with Gasteiger partial charge in [-0.25, -0.2) is 0 Å². The van der Waals surface area contributed by atoms with E-state index in [2.05, 4.69) is 0 Å². The molecule has 1 rings (SSSR count). The fourth-order valence-electron chi connectivity index (χ4n) is 2.18. The van der Waals surface area contributed by atoms with Crippen molar-refractivity contribution in [1.29, 1.82) is 0 Å². The summed E-state index contributed by atoms with van der Waals surface area (Å²) in [5, 5.41) is 8.95. The summed E-state index contributed by atoms with van der Waals surface area (Å²) < 4.78 is 0. The molecule has 1 fully saturated rings. The molecule has 0 saturated heterocycles. The second-order valence-corrected chi connectivity index (χ2v) is 4.05. The molecule has 1 atom stereocenters. The normalized spacial score (nSPS) is 21.1. The zero-order valence-electron chi connectivity index (χ0n) is 8.78. The Morgan fingerprint density at radius 1 is 1.50 bits per heavy atom. The summed E-state index contributed by atoms with van der Waals surface area (Å²) in [4.78, 5) is 12.8. The van der Waals surface area contributed by atoms with E-state index in [0.717, 1.165) is 12.8 Å². The number of likely N-dealkylation sites (N-methyl/N-ethyl adjacent to an activating group) is 1. The zero-order chi connectivity index (χ0) is 10.6. The zero-order valence-corrected chi connectivity index (χ0v) is 8.78. The van der Waals surface area contributed by atoms with Gasteiger partial charge in [-0.05, 0) is 19.9 Å². The molecule has 0 aromatic carbocycles. The largest absolute Gasteiger partial charge is 0.480 e. The van der Waals surface area contributed by atoms with Gasteiger partial charge < -0.3 is 10.8 Å². The van der Waals surface area contributed by atoms with Crippen LogP contribution in [0.25, 0.3) is 0 Å². The number of hydrogen-bond acceptors (Lipinski definition) is 3. The topological polar surface area (TPSA) is 66.6 Å². The molecule has 0 aromatic rings. The van der Waals surface area contributed by atoms with E-state index < -0.39 is 12.0 Å². The molecule has 4 nitrogen and oxygen atoms in total. The first-order valence-electron chi connectivity index (χ1n) is 5.31. The molecule has 0 heterocycles. The lowest BCUT2D eigenvalue weighted by atomic mass is 9.93. The first kappa shape index (κ1) is 11.5. The lowest BCUT2D eigenvalue weighted by Gasteiger charge is -2.34. The first-order valence-corrected chi connectivity index (χ1v) is 5.31. The van der Waals surface area contributed by atoms with Crippen molar-refractivity contribution in [2.45, 2.75) is 44.2 Å². The van der Waals surface area contributed by atoms with Gasteiger partial charge in [-0.2, -0.15) is 0 Å². The lowest BCUT2D eigenvalue weighted by molar-refractivity contribution is -0.143. The molecule has 1 aliphatic rings. The minimum absolute atomic E-state index is 0.197. The highest BCUT2D eigenvalue weighted by molar-refractivity contribution is 5.73. The van der Waals surface area contributed by atoms with Crippen LogP contribution < -0.4 is 5.73 Å². The smallest absolute Gasteiger partial charge is 0.322 e. The summed E-state index contributed by atoms with van der Waals surface area (Å²) in [5.41, 5.74) is 5.46. The molecule has 0 aromatic heterocycles. The van der Waals surface area contributed by atoms with Gasteiger partial charge in [0.1, 0.15) is 6.04 Å². The van der Waals surface area contributed by atoms with Crippen molar-refractivity contribution in [3.8, 4) is 0 Å². The molecule has 4 heteroatoms. The van der Waals surface area contributed by atoms with Crippen LogP contribution in [0, 0.1) is 0 Å². The third-order valence-corrected chi connectivity index (χ3v) is 3.15. The summed E-state index contributed by atoms with van der Waals surface area (Å²) >= 11 is 0. The van der Waals surface area contributed by atoms with Gasteiger partial charge in [0.2, 0.25) is 0 Å². The molecule has 0 radical (unpaired) electrons. The monoisotopic (exact) mass is 200 g/mol. The second-order valence-electron chi connectivity index (χ2n) is 4.05. The maximum absolute atomic E-state index is 10.9. The Labute approximate surface area is 85.1 Å². The minimum Gasteiger partial charge on any atom is -0.480 e. The van der Waals surface area contributed by atoms with Crippen LogP contribution in [0.5, 0.6) is 0 Å². The Hall–Kier alpha value is -0.610. The van der Waals surface area contributed by atoms with Crippen LogP contribution in [0.1, 0.15) is 32.1 Å². The number of carboxylic acid groups (broad SMARTS) is 1. The molecule has 0 spiro atoms. The number of rotatable bonds is 4. The van der Waals surface area contributed by atoms with E-state index in [1.165, 1.54) is 19.3 Å². The van der Waals surface area contributed by atoms with Crippen LogP contribution in [0.2, 0.25) is 0 Å². The van der Waals surface area contributed by atoms with E-state index in [0.29, 0.717) is 6.04 Å². The minimum atomic E-state index is -0.805. The third-order valence-electron chi connectivity index (χ3n) is 3.15. The van der Waals surface area contributed by atoms with Crippen LogP contribution in [-0.4, -0.2) is 41.7 Å². The van der Waals surface area contributed by atoms with E-state index in [1.807, 2.05) is 11.9 Å². The lowest BCUT2D eigenvalue weighted by Crippen LogP contribution is -2.49. The molecule has 14 heavy (non-hydrogen) atoms. The van der Waals surface area contributed by atoms with Gasteiger partial charge in [0, 0.05) is 12.6 Å². The first-order chi connectivity index (χ1) is 6.66. The molecule has 3 N–H and O–H groups in total. The quantitative estimate of drug-likeness (QED) is 0.699. The van der Waals surface area contributed by atoms with E-state index in [4.69, 9.17) is 10.8 Å². The number of hydrogen-bond donors (Lipinski definition) is 2. The average molecular weight is 200 g/mol. The molecule has 0 bridgehead atoms. The molecule has 1 saturated carbocycles. The summed E-state index contributed by atoms with van der Waals surface area (Å²) in [7, 11) is 1.88. The van der Waals surface area contributed by atoms with Gasteiger partial charge >= 0.3 is 5.97 Å². The maximum Gasteiger partial charge on any atom is 0.322 e. The van der Waals surface area contributed by atoms with Crippen LogP contribution in [0.15, 0.2) is 0 Å². The van der Waals surface area contributed by atoms with Gasteiger partial charge in [-0.1, -0.05) is 19.3 Å². The average Bonchev–Trinajstić information content (AvgIpc) is 2.19. The van der Waals surface area contributed by atoms with Crippen LogP contribution in [0.4, 0.5) is 0 Å². The van der Waals surface area contributed by atoms with Crippen molar-refractivity contribution in [3.05, 3.63) is 0 Å². The van der Waals surface area contributed by atoms with Crippen molar-refractivity contribution in [2.75, 3.05) is 13.6 Å². The predicted octanol–water partition coefficient (Wildman–Crippen LogP) is 0.663. The van der Waals surface area contributed by atoms with Gasteiger partial charge in [0.25, 0.3) is 0 Å². The highest BCUT2D eigenvalue weighted by atomic mass is 16.4. The number of nitrogens with two attached hydrogens (primary N) is 1. The van der Waals surface area contributed by atoms with Crippen molar-refractivity contribution in [3.63, 3.8) is 0 Å². The highest BCUT2D eigenvalue weighted by Gasteiger charge is 2.27. The molecule has 1 unspecified atom stereocenters. The van der Waals surface area contributed by atoms with E-state index in [-0.39, 0.29) is 6.54 Å². The SMILES string of the molecule is CN(C1CCCCC1)C(CN)C(=O)O. The molecule has 1 aliphatic carbocycles. The van der Waals surface area contributed by atoms with E-state index in [1.54, 1.807) is 0 Å². The van der Waals surface area contributed by atoms with Gasteiger partial charge in [0.15, 0.2) is 0 Å². The highest BCUT2D eigenvalue weighted by Crippen LogP contribution is 2.22. The maximum atomic E-state index is 10.9. The van der Waals surface area contributed by atoms with Crippen LogP contribution in [0.3, 0.4) is 0 Å². The fraction of sp³-hybridized carbons (Fsp3) is 0.900. The number of aliphatic carboxylic acids is 1. The summed E-state index contributed by atoms with van der Waals surface area (Å²) in [5.74, 6) is -0.805. The Bertz CT molecular complexity index is 191. The van der Waals surface area contributed by atoms with Gasteiger partial charge in [0.05, 0.1) is 0 Å². The molecule has 0 aliphatic heterocycles. The van der Waals surface area contributed by atoms with Gasteiger partial charge in [-0.15, -0.1) is 0 Å². The van der Waals surface area contributed by atoms with Gasteiger partial charge in [-0.3, -0.25) is 9.69 Å².